The zero-order chi connectivity index (χ0) is 19.1. The maximum Gasteiger partial charge on any atom is 0.271 e. The molecule has 0 aliphatic carbocycles. The first-order valence-corrected chi connectivity index (χ1v) is 8.43. The number of nitro groups is 1. The van der Waals surface area contributed by atoms with Gasteiger partial charge in [0.05, 0.1) is 17.7 Å². The van der Waals surface area contributed by atoms with Crippen LogP contribution in [0.25, 0.3) is 0 Å². The molecule has 1 atom stereocenters. The molecule has 0 unspecified atom stereocenters. The van der Waals surface area contributed by atoms with Crippen LogP contribution >= 0.6 is 0 Å². The largest absolute Gasteiger partial charge is 0.495 e. The minimum absolute atomic E-state index is 0.117. The molecule has 7 heteroatoms. The summed E-state index contributed by atoms with van der Waals surface area (Å²) in [7, 11) is 1.44. The number of hydrogen-bond donors (Lipinski definition) is 2. The minimum Gasteiger partial charge on any atom is -0.495 e. The van der Waals surface area contributed by atoms with Crippen LogP contribution in [-0.4, -0.2) is 24.0 Å². The number of methoxy groups -OCH3 is 1. The molecule has 0 heterocycles. The molecule has 7 nitrogen and oxygen atoms in total. The highest BCUT2D eigenvalue weighted by atomic mass is 16.6. The van der Waals surface area contributed by atoms with Gasteiger partial charge in [0, 0.05) is 17.8 Å². The van der Waals surface area contributed by atoms with Crippen molar-refractivity contribution in [2.24, 2.45) is 0 Å². The van der Waals surface area contributed by atoms with Gasteiger partial charge < -0.3 is 15.4 Å². The first-order valence-electron chi connectivity index (χ1n) is 8.43. The number of hydrogen-bond acceptors (Lipinski definition) is 5. The third kappa shape index (κ3) is 4.95. The van der Waals surface area contributed by atoms with Crippen molar-refractivity contribution in [1.29, 1.82) is 0 Å². The maximum absolute atomic E-state index is 12.4. The van der Waals surface area contributed by atoms with Crippen LogP contribution in [0.4, 0.5) is 17.1 Å². The van der Waals surface area contributed by atoms with Crippen LogP contribution in [0.5, 0.6) is 5.75 Å². The number of aryl methyl sites for hydroxylation is 1. The molecule has 0 spiro atoms. The molecular formula is C19H23N3O4. The second-order valence-electron chi connectivity index (χ2n) is 5.94. The summed E-state index contributed by atoms with van der Waals surface area (Å²) in [5.41, 5.74) is 2.22. The van der Waals surface area contributed by atoms with Gasteiger partial charge in [0.1, 0.15) is 11.8 Å². The third-order valence-corrected chi connectivity index (χ3v) is 3.92. The van der Waals surface area contributed by atoms with Gasteiger partial charge in [-0.1, -0.05) is 25.5 Å². The summed E-state index contributed by atoms with van der Waals surface area (Å²) >= 11 is 0. The minimum atomic E-state index is -0.531. The predicted octanol–water partition coefficient (Wildman–Crippen LogP) is 4.00. The number of nitro benzene ring substituents is 1. The summed E-state index contributed by atoms with van der Waals surface area (Å²) in [5.74, 6) is 0.0431. The van der Waals surface area contributed by atoms with Gasteiger partial charge in [0.25, 0.3) is 5.69 Å². The lowest BCUT2D eigenvalue weighted by Crippen LogP contribution is -2.32. The molecule has 0 saturated carbocycles. The molecule has 0 aromatic heterocycles. The molecular weight excluding hydrogens is 334 g/mol. The summed E-state index contributed by atoms with van der Waals surface area (Å²) in [6.07, 6.45) is 2.10. The van der Waals surface area contributed by atoms with Crippen LogP contribution in [-0.2, 0) is 11.2 Å². The highest BCUT2D eigenvalue weighted by molar-refractivity contribution is 5.97. The van der Waals surface area contributed by atoms with E-state index in [0.717, 1.165) is 18.5 Å². The van der Waals surface area contributed by atoms with Crippen molar-refractivity contribution in [2.45, 2.75) is 32.7 Å². The molecule has 1 amide bonds. The standard InChI is InChI=1S/C19H23N3O4/c1-4-5-14-6-8-15(9-7-14)20-13(2)19(23)21-17-12-16(22(24)25)10-11-18(17)26-3/h6-13,20H,4-5H2,1-3H3,(H,21,23)/t13-/m0/s1. The van der Waals surface area contributed by atoms with E-state index in [9.17, 15) is 14.9 Å². The Balaban J connectivity index is 2.06. The highest BCUT2D eigenvalue weighted by Crippen LogP contribution is 2.29. The Morgan fingerprint density at radius 1 is 1.23 bits per heavy atom. The van der Waals surface area contributed by atoms with Crippen molar-refractivity contribution in [3.05, 3.63) is 58.1 Å². The molecule has 2 aromatic rings. The number of carbonyl (C=O) groups excluding carboxylic acids is 1. The van der Waals surface area contributed by atoms with E-state index in [0.29, 0.717) is 5.75 Å². The fourth-order valence-corrected chi connectivity index (χ4v) is 2.52. The van der Waals surface area contributed by atoms with E-state index in [2.05, 4.69) is 17.6 Å². The molecule has 0 fully saturated rings. The summed E-state index contributed by atoms with van der Waals surface area (Å²) in [4.78, 5) is 22.8. The van der Waals surface area contributed by atoms with E-state index in [-0.39, 0.29) is 17.3 Å². The van der Waals surface area contributed by atoms with Crippen LogP contribution in [0.1, 0.15) is 25.8 Å². The fraction of sp³-hybridized carbons (Fsp3) is 0.316. The Hall–Kier alpha value is -3.09. The lowest BCUT2D eigenvalue weighted by Gasteiger charge is -2.17. The Morgan fingerprint density at radius 3 is 2.50 bits per heavy atom. The summed E-state index contributed by atoms with van der Waals surface area (Å²) < 4.78 is 5.16. The van der Waals surface area contributed by atoms with Gasteiger partial charge in [-0.25, -0.2) is 0 Å². The quantitative estimate of drug-likeness (QED) is 0.550. The lowest BCUT2D eigenvalue weighted by atomic mass is 10.1. The number of carbonyl (C=O) groups is 1. The van der Waals surface area contributed by atoms with E-state index < -0.39 is 11.0 Å². The van der Waals surface area contributed by atoms with Gasteiger partial charge in [0.15, 0.2) is 0 Å². The van der Waals surface area contributed by atoms with E-state index in [4.69, 9.17) is 4.74 Å². The summed E-state index contributed by atoms with van der Waals surface area (Å²) in [5, 5.41) is 16.7. The van der Waals surface area contributed by atoms with Crippen LogP contribution in [0.3, 0.4) is 0 Å². The van der Waals surface area contributed by atoms with Crippen molar-refractivity contribution < 1.29 is 14.5 Å². The third-order valence-electron chi connectivity index (χ3n) is 3.92. The van der Waals surface area contributed by atoms with Crippen molar-refractivity contribution in [3.63, 3.8) is 0 Å². The first-order chi connectivity index (χ1) is 12.4. The van der Waals surface area contributed by atoms with Gasteiger partial charge in [-0.05, 0) is 37.1 Å². The average Bonchev–Trinajstić information content (AvgIpc) is 2.63. The highest BCUT2D eigenvalue weighted by Gasteiger charge is 2.17. The molecule has 2 aromatic carbocycles. The molecule has 0 aliphatic rings. The van der Waals surface area contributed by atoms with Crippen LogP contribution in [0.2, 0.25) is 0 Å². The normalized spacial score (nSPS) is 11.5. The van der Waals surface area contributed by atoms with Crippen LogP contribution in [0.15, 0.2) is 42.5 Å². The molecule has 0 aliphatic heterocycles. The summed E-state index contributed by atoms with van der Waals surface area (Å²) in [6, 6.07) is 11.5. The summed E-state index contributed by atoms with van der Waals surface area (Å²) in [6.45, 7) is 3.85. The average molecular weight is 357 g/mol. The van der Waals surface area contributed by atoms with Crippen molar-refractivity contribution in [2.75, 3.05) is 17.7 Å². The van der Waals surface area contributed by atoms with Crippen LogP contribution < -0.4 is 15.4 Å². The van der Waals surface area contributed by atoms with Gasteiger partial charge in [-0.15, -0.1) is 0 Å². The Bertz CT molecular complexity index is 775. The van der Waals surface area contributed by atoms with Gasteiger partial charge in [-0.2, -0.15) is 0 Å². The molecule has 26 heavy (non-hydrogen) atoms. The Labute approximate surface area is 152 Å². The smallest absolute Gasteiger partial charge is 0.271 e. The maximum atomic E-state index is 12.4. The van der Waals surface area contributed by atoms with E-state index >= 15 is 0 Å². The molecule has 138 valence electrons. The zero-order valence-electron chi connectivity index (χ0n) is 15.1. The van der Waals surface area contributed by atoms with Crippen molar-refractivity contribution in [1.82, 2.24) is 0 Å². The number of amides is 1. The SMILES string of the molecule is CCCc1ccc(N[C@@H](C)C(=O)Nc2cc([N+](=O)[O-])ccc2OC)cc1. The van der Waals surface area contributed by atoms with E-state index in [1.54, 1.807) is 6.92 Å². The lowest BCUT2D eigenvalue weighted by molar-refractivity contribution is -0.384. The number of rotatable bonds is 8. The van der Waals surface area contributed by atoms with Crippen molar-refractivity contribution >= 4 is 23.0 Å². The molecule has 2 N–H and O–H groups in total. The van der Waals surface area contributed by atoms with E-state index in [1.807, 2.05) is 24.3 Å². The monoisotopic (exact) mass is 357 g/mol. The second-order valence-corrected chi connectivity index (χ2v) is 5.94. The van der Waals surface area contributed by atoms with Crippen molar-refractivity contribution in [3.8, 4) is 5.75 Å². The number of ether oxygens (including phenoxy) is 1. The number of anilines is 2. The number of nitrogens with zero attached hydrogens (tertiary/aromatic N) is 1. The first kappa shape index (κ1) is 19.2. The van der Waals surface area contributed by atoms with Crippen LogP contribution in [0, 0.1) is 10.1 Å². The number of nitrogens with one attached hydrogen (secondary N) is 2. The second kappa shape index (κ2) is 8.84. The zero-order valence-corrected chi connectivity index (χ0v) is 15.1. The fourth-order valence-electron chi connectivity index (χ4n) is 2.52. The van der Waals surface area contributed by atoms with Gasteiger partial charge in [0.2, 0.25) is 5.91 Å². The molecule has 2 rings (SSSR count). The Morgan fingerprint density at radius 2 is 1.92 bits per heavy atom. The molecule has 0 radical (unpaired) electrons. The topological polar surface area (TPSA) is 93.5 Å². The molecule has 0 saturated heterocycles. The van der Waals surface area contributed by atoms with E-state index in [1.165, 1.54) is 30.9 Å². The number of non-ortho nitro benzene ring substituents is 1. The Kier molecular flexibility index (Phi) is 6.54. The van der Waals surface area contributed by atoms with Gasteiger partial charge >= 0.3 is 0 Å². The molecule has 0 bridgehead atoms. The number of benzene rings is 2. The van der Waals surface area contributed by atoms with Gasteiger partial charge in [-0.3, -0.25) is 14.9 Å². The predicted molar refractivity (Wildman–Crippen MR) is 102 cm³/mol.